The van der Waals surface area contributed by atoms with Crippen LogP contribution in [0.2, 0.25) is 0 Å². The lowest BCUT2D eigenvalue weighted by Gasteiger charge is -2.12. The third-order valence-corrected chi connectivity index (χ3v) is 2.41. The standard InChI is InChI=1S/C12H11FN2O2/c13-9-7-14-6-5-8(9)12(17)15-10-3-1-2-4-11(10)16/h1,3,5-7,16H,2,4H2,(H,15,17). The lowest BCUT2D eigenvalue weighted by atomic mass is 10.1. The zero-order valence-electron chi connectivity index (χ0n) is 8.98. The van der Waals surface area contributed by atoms with E-state index in [1.54, 1.807) is 6.08 Å². The van der Waals surface area contributed by atoms with Gasteiger partial charge in [-0.2, -0.15) is 0 Å². The molecule has 0 saturated heterocycles. The van der Waals surface area contributed by atoms with Crippen molar-refractivity contribution < 1.29 is 14.3 Å². The van der Waals surface area contributed by atoms with E-state index < -0.39 is 11.7 Å². The van der Waals surface area contributed by atoms with E-state index in [0.717, 1.165) is 12.6 Å². The van der Waals surface area contributed by atoms with Crippen LogP contribution in [0.25, 0.3) is 0 Å². The molecule has 1 aromatic heterocycles. The summed E-state index contributed by atoms with van der Waals surface area (Å²) in [4.78, 5) is 15.3. The van der Waals surface area contributed by atoms with Gasteiger partial charge in [0.25, 0.3) is 5.91 Å². The number of pyridine rings is 1. The number of halogens is 1. The average molecular weight is 234 g/mol. The zero-order chi connectivity index (χ0) is 12.3. The smallest absolute Gasteiger partial charge is 0.258 e. The molecule has 0 bridgehead atoms. The maximum Gasteiger partial charge on any atom is 0.258 e. The Labute approximate surface area is 97.5 Å². The minimum atomic E-state index is -0.690. The molecule has 1 aliphatic carbocycles. The van der Waals surface area contributed by atoms with Crippen LogP contribution in [-0.2, 0) is 0 Å². The maximum absolute atomic E-state index is 13.3. The molecule has 2 rings (SSSR count). The van der Waals surface area contributed by atoms with E-state index in [4.69, 9.17) is 0 Å². The van der Waals surface area contributed by atoms with E-state index in [1.807, 2.05) is 6.08 Å². The van der Waals surface area contributed by atoms with Gasteiger partial charge in [0.1, 0.15) is 5.76 Å². The van der Waals surface area contributed by atoms with Crippen molar-refractivity contribution in [3.05, 3.63) is 53.4 Å². The van der Waals surface area contributed by atoms with Crippen molar-refractivity contribution >= 4 is 5.91 Å². The first kappa shape index (κ1) is 11.3. The van der Waals surface area contributed by atoms with Crippen LogP contribution in [0.3, 0.4) is 0 Å². The molecular weight excluding hydrogens is 223 g/mol. The average Bonchev–Trinajstić information content (AvgIpc) is 2.32. The van der Waals surface area contributed by atoms with Crippen molar-refractivity contribution in [2.45, 2.75) is 12.8 Å². The van der Waals surface area contributed by atoms with Gasteiger partial charge >= 0.3 is 0 Å². The third kappa shape index (κ3) is 2.50. The van der Waals surface area contributed by atoms with Crippen molar-refractivity contribution in [3.8, 4) is 0 Å². The Hall–Kier alpha value is -2.17. The second-order valence-corrected chi connectivity index (χ2v) is 3.61. The molecule has 1 aromatic rings. The topological polar surface area (TPSA) is 62.2 Å². The van der Waals surface area contributed by atoms with Gasteiger partial charge in [-0.15, -0.1) is 0 Å². The van der Waals surface area contributed by atoms with E-state index in [-0.39, 0.29) is 11.3 Å². The van der Waals surface area contributed by atoms with E-state index in [9.17, 15) is 14.3 Å². The van der Waals surface area contributed by atoms with Crippen LogP contribution in [0, 0.1) is 5.82 Å². The molecule has 0 aromatic carbocycles. The van der Waals surface area contributed by atoms with Crippen molar-refractivity contribution in [1.29, 1.82) is 0 Å². The number of nitrogens with one attached hydrogen (secondary N) is 1. The summed E-state index contributed by atoms with van der Waals surface area (Å²) in [6.45, 7) is 0. The molecule has 4 nitrogen and oxygen atoms in total. The van der Waals surface area contributed by atoms with Crippen molar-refractivity contribution in [2.75, 3.05) is 0 Å². The Bertz CT molecular complexity index is 509. The first-order valence-electron chi connectivity index (χ1n) is 5.18. The normalized spacial score (nSPS) is 14.9. The van der Waals surface area contributed by atoms with Crippen molar-refractivity contribution in [1.82, 2.24) is 10.3 Å². The van der Waals surface area contributed by atoms with Crippen LogP contribution in [0.1, 0.15) is 23.2 Å². The molecule has 0 saturated carbocycles. The quantitative estimate of drug-likeness (QED) is 0.823. The monoisotopic (exact) mass is 234 g/mol. The fraction of sp³-hybridized carbons (Fsp3) is 0.167. The highest BCUT2D eigenvalue weighted by molar-refractivity contribution is 5.95. The molecule has 0 fully saturated rings. The van der Waals surface area contributed by atoms with Crippen LogP contribution >= 0.6 is 0 Å². The van der Waals surface area contributed by atoms with Crippen LogP contribution in [-0.4, -0.2) is 16.0 Å². The molecule has 1 aliphatic rings. The first-order chi connectivity index (χ1) is 8.18. The second kappa shape index (κ2) is 4.78. The summed E-state index contributed by atoms with van der Waals surface area (Å²) < 4.78 is 13.3. The zero-order valence-corrected chi connectivity index (χ0v) is 8.98. The number of carbonyl (C=O) groups is 1. The van der Waals surface area contributed by atoms with E-state index in [2.05, 4.69) is 10.3 Å². The fourth-order valence-corrected chi connectivity index (χ4v) is 1.51. The third-order valence-electron chi connectivity index (χ3n) is 2.41. The van der Waals surface area contributed by atoms with Crippen LogP contribution < -0.4 is 5.32 Å². The molecule has 1 amide bonds. The molecule has 5 heteroatoms. The molecular formula is C12H11FN2O2. The van der Waals surface area contributed by atoms with Crippen molar-refractivity contribution in [3.63, 3.8) is 0 Å². The van der Waals surface area contributed by atoms with Crippen LogP contribution in [0.5, 0.6) is 0 Å². The predicted molar refractivity (Wildman–Crippen MR) is 59.7 cm³/mol. The summed E-state index contributed by atoms with van der Waals surface area (Å²) in [5, 5.41) is 12.0. The van der Waals surface area contributed by atoms with Gasteiger partial charge in [0.15, 0.2) is 5.82 Å². The highest BCUT2D eigenvalue weighted by Gasteiger charge is 2.14. The van der Waals surface area contributed by atoms with Gasteiger partial charge in [0.05, 0.1) is 17.5 Å². The minimum Gasteiger partial charge on any atom is -0.510 e. The van der Waals surface area contributed by atoms with E-state index in [0.29, 0.717) is 12.1 Å². The number of rotatable bonds is 2. The van der Waals surface area contributed by atoms with Gasteiger partial charge < -0.3 is 10.4 Å². The number of aromatic nitrogens is 1. The molecule has 1 heterocycles. The molecule has 88 valence electrons. The molecule has 17 heavy (non-hydrogen) atoms. The number of allylic oxidation sites excluding steroid dienone is 3. The lowest BCUT2D eigenvalue weighted by molar-refractivity contribution is 0.0960. The summed E-state index contributed by atoms with van der Waals surface area (Å²) >= 11 is 0. The molecule has 0 aliphatic heterocycles. The van der Waals surface area contributed by atoms with Crippen molar-refractivity contribution in [2.24, 2.45) is 0 Å². The van der Waals surface area contributed by atoms with Gasteiger partial charge in [-0.3, -0.25) is 9.78 Å². The van der Waals surface area contributed by atoms with Crippen LogP contribution in [0.15, 0.2) is 42.1 Å². The second-order valence-electron chi connectivity index (χ2n) is 3.61. The number of hydrogen-bond donors (Lipinski definition) is 2. The summed E-state index contributed by atoms with van der Waals surface area (Å²) in [6, 6.07) is 1.29. The van der Waals surface area contributed by atoms with E-state index in [1.165, 1.54) is 12.3 Å². The fourth-order valence-electron chi connectivity index (χ4n) is 1.51. The predicted octanol–water partition coefficient (Wildman–Crippen LogP) is 2.07. The Morgan fingerprint density at radius 2 is 2.35 bits per heavy atom. The number of amides is 1. The van der Waals surface area contributed by atoms with Gasteiger partial charge in [0.2, 0.25) is 0 Å². The summed E-state index contributed by atoms with van der Waals surface area (Å²) in [6.07, 6.45) is 6.95. The Kier molecular flexibility index (Phi) is 3.18. The maximum atomic E-state index is 13.3. The molecule has 0 spiro atoms. The molecule has 0 radical (unpaired) electrons. The summed E-state index contributed by atoms with van der Waals surface area (Å²) in [7, 11) is 0. The highest BCUT2D eigenvalue weighted by Crippen LogP contribution is 2.15. The van der Waals surface area contributed by atoms with Gasteiger partial charge in [-0.1, -0.05) is 6.08 Å². The number of carbonyl (C=O) groups excluding carboxylic acids is 1. The molecule has 0 atom stereocenters. The van der Waals surface area contributed by atoms with Gasteiger partial charge in [0, 0.05) is 12.6 Å². The Morgan fingerprint density at radius 3 is 3.06 bits per heavy atom. The number of aliphatic hydroxyl groups excluding tert-OH is 1. The number of hydrogen-bond acceptors (Lipinski definition) is 3. The first-order valence-corrected chi connectivity index (χ1v) is 5.18. The van der Waals surface area contributed by atoms with E-state index >= 15 is 0 Å². The molecule has 0 unspecified atom stereocenters. The van der Waals surface area contributed by atoms with Crippen LogP contribution in [0.4, 0.5) is 4.39 Å². The highest BCUT2D eigenvalue weighted by atomic mass is 19.1. The van der Waals surface area contributed by atoms with Gasteiger partial charge in [-0.25, -0.2) is 4.39 Å². The lowest BCUT2D eigenvalue weighted by Crippen LogP contribution is -2.25. The molecule has 2 N–H and O–H groups in total. The Morgan fingerprint density at radius 1 is 1.53 bits per heavy atom. The minimum absolute atomic E-state index is 0.0979. The SMILES string of the molecule is O=C(NC1=C(O)CCC=C1)c1ccncc1F. The van der Waals surface area contributed by atoms with Gasteiger partial charge in [-0.05, 0) is 18.6 Å². The summed E-state index contributed by atoms with van der Waals surface area (Å²) in [5.41, 5.74) is 0.219. The Balaban J connectivity index is 2.18. The number of nitrogens with zero attached hydrogens (tertiary/aromatic N) is 1. The number of aliphatic hydroxyl groups is 1. The summed E-state index contributed by atoms with van der Waals surface area (Å²) in [5.74, 6) is -1.18. The largest absolute Gasteiger partial charge is 0.510 e.